The van der Waals surface area contributed by atoms with E-state index in [2.05, 4.69) is 25.8 Å². The van der Waals surface area contributed by atoms with Crippen LogP contribution in [0.25, 0.3) is 0 Å². The third-order valence-corrected chi connectivity index (χ3v) is 2.88. The summed E-state index contributed by atoms with van der Waals surface area (Å²) >= 11 is 0. The second-order valence-electron chi connectivity index (χ2n) is 5.53. The van der Waals surface area contributed by atoms with Crippen molar-refractivity contribution in [1.29, 1.82) is 0 Å². The van der Waals surface area contributed by atoms with Gasteiger partial charge in [0.15, 0.2) is 0 Å². The van der Waals surface area contributed by atoms with Gasteiger partial charge in [-0.3, -0.25) is 0 Å². The van der Waals surface area contributed by atoms with Gasteiger partial charge in [-0.2, -0.15) is 0 Å². The molecular formula is C16H17NO3. The molecule has 1 aromatic heterocycles. The zero-order valence-corrected chi connectivity index (χ0v) is 11.8. The topological polar surface area (TPSA) is 59.4 Å². The molecule has 0 fully saturated rings. The van der Waals surface area contributed by atoms with E-state index < -0.39 is 5.97 Å². The van der Waals surface area contributed by atoms with Gasteiger partial charge in [0.2, 0.25) is 0 Å². The van der Waals surface area contributed by atoms with Gasteiger partial charge in [0.25, 0.3) is 0 Å². The standard InChI is InChI=1S/C16H17NO3/c1-16(2,3)12-6-4-5-7-14(12)20-11-8-9-13(15(18)19)17-10-11/h4-10H,1-3H3,(H,18,19). The Morgan fingerprint density at radius 2 is 1.85 bits per heavy atom. The molecule has 1 heterocycles. The predicted molar refractivity (Wildman–Crippen MR) is 76.4 cm³/mol. The minimum atomic E-state index is -1.05. The van der Waals surface area contributed by atoms with Crippen molar-refractivity contribution in [3.8, 4) is 11.5 Å². The summed E-state index contributed by atoms with van der Waals surface area (Å²) in [6, 6.07) is 10.8. The number of para-hydroxylation sites is 1. The van der Waals surface area contributed by atoms with E-state index in [1.165, 1.54) is 12.3 Å². The Morgan fingerprint density at radius 3 is 2.40 bits per heavy atom. The number of carboxylic acids is 1. The van der Waals surface area contributed by atoms with Gasteiger partial charge >= 0.3 is 5.97 Å². The number of aromatic nitrogens is 1. The molecule has 20 heavy (non-hydrogen) atoms. The first-order chi connectivity index (χ1) is 9.38. The second kappa shape index (κ2) is 5.33. The summed E-state index contributed by atoms with van der Waals surface area (Å²) in [6.45, 7) is 6.34. The molecule has 0 unspecified atom stereocenters. The lowest BCUT2D eigenvalue weighted by molar-refractivity contribution is 0.0690. The number of hydrogen-bond acceptors (Lipinski definition) is 3. The van der Waals surface area contributed by atoms with Crippen molar-refractivity contribution in [3.05, 3.63) is 53.9 Å². The van der Waals surface area contributed by atoms with E-state index in [1.54, 1.807) is 6.07 Å². The highest BCUT2D eigenvalue weighted by Crippen LogP contribution is 2.33. The normalized spacial score (nSPS) is 11.2. The molecule has 0 spiro atoms. The number of benzene rings is 1. The van der Waals surface area contributed by atoms with Crippen LogP contribution in [0.3, 0.4) is 0 Å². The summed E-state index contributed by atoms with van der Waals surface area (Å²) in [7, 11) is 0. The summed E-state index contributed by atoms with van der Waals surface area (Å²) in [6.07, 6.45) is 1.42. The summed E-state index contributed by atoms with van der Waals surface area (Å²) < 4.78 is 5.82. The van der Waals surface area contributed by atoms with E-state index in [9.17, 15) is 4.79 Å². The predicted octanol–water partition coefficient (Wildman–Crippen LogP) is 3.87. The van der Waals surface area contributed by atoms with E-state index in [-0.39, 0.29) is 11.1 Å². The Balaban J connectivity index is 2.28. The number of nitrogens with zero attached hydrogens (tertiary/aromatic N) is 1. The number of aromatic carboxylic acids is 1. The zero-order valence-electron chi connectivity index (χ0n) is 11.8. The second-order valence-corrected chi connectivity index (χ2v) is 5.53. The Labute approximate surface area is 118 Å². The minimum Gasteiger partial charge on any atom is -0.477 e. The van der Waals surface area contributed by atoms with Crippen LogP contribution in [-0.4, -0.2) is 16.1 Å². The summed E-state index contributed by atoms with van der Waals surface area (Å²) in [5.41, 5.74) is 1.05. The van der Waals surface area contributed by atoms with Crippen LogP contribution in [0.15, 0.2) is 42.6 Å². The Bertz CT molecular complexity index is 612. The maximum absolute atomic E-state index is 10.8. The van der Waals surface area contributed by atoms with E-state index in [0.29, 0.717) is 5.75 Å². The fourth-order valence-corrected chi connectivity index (χ4v) is 1.87. The van der Waals surface area contributed by atoms with Gasteiger partial charge in [0.1, 0.15) is 17.2 Å². The van der Waals surface area contributed by atoms with Crippen molar-refractivity contribution in [2.75, 3.05) is 0 Å². The number of ether oxygens (including phenoxy) is 1. The summed E-state index contributed by atoms with van der Waals surface area (Å²) in [5.74, 6) is 0.225. The molecule has 4 nitrogen and oxygen atoms in total. The van der Waals surface area contributed by atoms with Crippen molar-refractivity contribution in [2.24, 2.45) is 0 Å². The highest BCUT2D eigenvalue weighted by atomic mass is 16.5. The van der Waals surface area contributed by atoms with Crippen LogP contribution in [-0.2, 0) is 5.41 Å². The lowest BCUT2D eigenvalue weighted by Gasteiger charge is -2.22. The zero-order chi connectivity index (χ0) is 14.8. The van der Waals surface area contributed by atoms with Gasteiger partial charge in [0.05, 0.1) is 6.20 Å². The number of carbonyl (C=O) groups is 1. The number of pyridine rings is 1. The van der Waals surface area contributed by atoms with Crippen LogP contribution in [0.2, 0.25) is 0 Å². The molecule has 4 heteroatoms. The average Bonchev–Trinajstić information content (AvgIpc) is 2.38. The fraction of sp³-hybridized carbons (Fsp3) is 0.250. The third-order valence-electron chi connectivity index (χ3n) is 2.88. The maximum atomic E-state index is 10.8. The van der Waals surface area contributed by atoms with Crippen molar-refractivity contribution in [1.82, 2.24) is 4.98 Å². The Kier molecular flexibility index (Phi) is 3.74. The molecule has 0 amide bonds. The molecule has 0 radical (unpaired) electrons. The molecule has 0 saturated carbocycles. The first-order valence-corrected chi connectivity index (χ1v) is 6.34. The Hall–Kier alpha value is -2.36. The average molecular weight is 271 g/mol. The first kappa shape index (κ1) is 14.1. The lowest BCUT2D eigenvalue weighted by Crippen LogP contribution is -2.12. The van der Waals surface area contributed by atoms with E-state index >= 15 is 0 Å². The molecule has 0 atom stereocenters. The lowest BCUT2D eigenvalue weighted by atomic mass is 9.86. The Morgan fingerprint density at radius 1 is 1.15 bits per heavy atom. The van der Waals surface area contributed by atoms with Crippen LogP contribution in [0.1, 0.15) is 36.8 Å². The van der Waals surface area contributed by atoms with Gasteiger partial charge in [-0.05, 0) is 23.6 Å². The molecule has 0 bridgehead atoms. The molecule has 2 aromatic rings. The molecule has 2 rings (SSSR count). The van der Waals surface area contributed by atoms with Gasteiger partial charge in [-0.25, -0.2) is 9.78 Å². The SMILES string of the molecule is CC(C)(C)c1ccccc1Oc1ccc(C(=O)O)nc1. The largest absolute Gasteiger partial charge is 0.477 e. The molecular weight excluding hydrogens is 254 g/mol. The van der Waals surface area contributed by atoms with Crippen molar-refractivity contribution < 1.29 is 14.6 Å². The van der Waals surface area contributed by atoms with E-state index in [4.69, 9.17) is 9.84 Å². The molecule has 1 N–H and O–H groups in total. The number of carboxylic acid groups (broad SMARTS) is 1. The van der Waals surface area contributed by atoms with Gasteiger partial charge in [-0.15, -0.1) is 0 Å². The number of rotatable bonds is 3. The molecule has 0 aliphatic rings. The van der Waals surface area contributed by atoms with Gasteiger partial charge in [0, 0.05) is 5.56 Å². The van der Waals surface area contributed by atoms with Crippen LogP contribution in [0, 0.1) is 0 Å². The number of hydrogen-bond donors (Lipinski definition) is 1. The molecule has 1 aromatic carbocycles. The first-order valence-electron chi connectivity index (χ1n) is 6.34. The minimum absolute atomic E-state index is 0.00135. The van der Waals surface area contributed by atoms with Crippen LogP contribution in [0.4, 0.5) is 0 Å². The van der Waals surface area contributed by atoms with Crippen LogP contribution >= 0.6 is 0 Å². The van der Waals surface area contributed by atoms with Crippen molar-refractivity contribution in [3.63, 3.8) is 0 Å². The quantitative estimate of drug-likeness (QED) is 0.920. The van der Waals surface area contributed by atoms with Gasteiger partial charge < -0.3 is 9.84 Å². The van der Waals surface area contributed by atoms with E-state index in [1.807, 2.05) is 24.3 Å². The molecule has 0 aliphatic carbocycles. The monoisotopic (exact) mass is 271 g/mol. The third kappa shape index (κ3) is 3.15. The maximum Gasteiger partial charge on any atom is 0.354 e. The van der Waals surface area contributed by atoms with Crippen molar-refractivity contribution >= 4 is 5.97 Å². The smallest absolute Gasteiger partial charge is 0.354 e. The summed E-state index contributed by atoms with van der Waals surface area (Å²) in [4.78, 5) is 14.6. The molecule has 0 saturated heterocycles. The highest BCUT2D eigenvalue weighted by molar-refractivity contribution is 5.85. The molecule has 0 aliphatic heterocycles. The summed E-state index contributed by atoms with van der Waals surface area (Å²) in [5, 5.41) is 8.81. The van der Waals surface area contributed by atoms with Gasteiger partial charge in [-0.1, -0.05) is 39.0 Å². The molecule has 104 valence electrons. The van der Waals surface area contributed by atoms with E-state index in [0.717, 1.165) is 11.3 Å². The highest BCUT2D eigenvalue weighted by Gasteiger charge is 2.18. The fourth-order valence-electron chi connectivity index (χ4n) is 1.87. The van der Waals surface area contributed by atoms with Crippen LogP contribution < -0.4 is 4.74 Å². The van der Waals surface area contributed by atoms with Crippen LogP contribution in [0.5, 0.6) is 11.5 Å². The van der Waals surface area contributed by atoms with Crippen molar-refractivity contribution in [2.45, 2.75) is 26.2 Å².